The molecule has 1 atom stereocenters. The van der Waals surface area contributed by atoms with Gasteiger partial charge in [0.25, 0.3) is 0 Å². The first-order chi connectivity index (χ1) is 29.3. The molecule has 3 aromatic carbocycles. The highest BCUT2D eigenvalue weighted by Crippen LogP contribution is 2.47. The van der Waals surface area contributed by atoms with Crippen LogP contribution < -0.4 is 35.8 Å². The maximum atomic E-state index is 13.7. The molecule has 9 rings (SSSR count). The molecule has 4 aliphatic heterocycles. The van der Waals surface area contributed by atoms with E-state index < -0.39 is 7.14 Å². The van der Waals surface area contributed by atoms with E-state index >= 15 is 0 Å². The smallest absolute Gasteiger partial charge is 0.234 e. The molecule has 13 nitrogen and oxygen atoms in total. The summed E-state index contributed by atoms with van der Waals surface area (Å²) in [6, 6.07) is 20.9. The minimum Gasteiger partial charge on any atom is -0.494 e. The first-order valence-electron chi connectivity index (χ1n) is 21.2. The van der Waals surface area contributed by atoms with Gasteiger partial charge in [-0.05, 0) is 93.5 Å². The van der Waals surface area contributed by atoms with Crippen LogP contribution in [0.2, 0.25) is 5.02 Å². The Bertz CT molecular complexity index is 2560. The van der Waals surface area contributed by atoms with E-state index in [-0.39, 0.29) is 17.7 Å². The Labute approximate surface area is 362 Å². The fraction of sp³-hybridized carbons (Fsp3) is 0.413. The minimum atomic E-state index is -2.75. The molecular formula is C46H53ClN9O4P. The van der Waals surface area contributed by atoms with Gasteiger partial charge in [0.2, 0.25) is 17.8 Å². The Balaban J connectivity index is 0.807. The number of nitrogens with zero attached hydrogens (tertiary/aromatic N) is 6. The third-order valence-electron chi connectivity index (χ3n) is 12.9. The van der Waals surface area contributed by atoms with Gasteiger partial charge in [0.15, 0.2) is 5.82 Å². The van der Waals surface area contributed by atoms with Crippen LogP contribution in [0, 0.1) is 12.3 Å². The molecule has 0 saturated carbocycles. The van der Waals surface area contributed by atoms with Crippen molar-refractivity contribution in [2.75, 3.05) is 80.1 Å². The molecule has 4 fully saturated rings. The second kappa shape index (κ2) is 16.2. The number of pyridine rings is 1. The van der Waals surface area contributed by atoms with Gasteiger partial charge >= 0.3 is 0 Å². The van der Waals surface area contributed by atoms with Gasteiger partial charge < -0.3 is 29.7 Å². The number of hydrogen-bond acceptors (Lipinski definition) is 12. The second-order valence-electron chi connectivity index (χ2n) is 17.6. The van der Waals surface area contributed by atoms with Gasteiger partial charge in [0.05, 0.1) is 36.1 Å². The van der Waals surface area contributed by atoms with E-state index in [9.17, 15) is 14.2 Å². The van der Waals surface area contributed by atoms with Crippen LogP contribution in [0.3, 0.4) is 0 Å². The largest absolute Gasteiger partial charge is 0.494 e. The predicted octanol–water partition coefficient (Wildman–Crippen LogP) is 7.60. The molecule has 1 unspecified atom stereocenters. The molecule has 0 aliphatic carbocycles. The number of amides is 2. The Morgan fingerprint density at radius 1 is 0.918 bits per heavy atom. The summed E-state index contributed by atoms with van der Waals surface area (Å²) >= 11 is 6.64. The Morgan fingerprint density at radius 3 is 2.36 bits per heavy atom. The number of nitrogens with one attached hydrogen (secondary N) is 3. The van der Waals surface area contributed by atoms with Crippen LogP contribution in [0.15, 0.2) is 66.9 Å². The molecule has 0 bridgehead atoms. The number of anilines is 6. The van der Waals surface area contributed by atoms with Gasteiger partial charge in [-0.3, -0.25) is 24.8 Å². The number of rotatable bonds is 11. The molecule has 4 aliphatic rings. The summed E-state index contributed by atoms with van der Waals surface area (Å²) in [7, 11) is -1.08. The van der Waals surface area contributed by atoms with Crippen LogP contribution in [-0.4, -0.2) is 97.4 Å². The molecule has 15 heteroatoms. The lowest BCUT2D eigenvalue weighted by Crippen LogP contribution is -2.74. The molecule has 4 saturated heterocycles. The van der Waals surface area contributed by atoms with Crippen molar-refractivity contribution in [2.24, 2.45) is 5.41 Å². The number of benzene rings is 3. The lowest BCUT2D eigenvalue weighted by atomic mass is 9.71. The van der Waals surface area contributed by atoms with Crippen LogP contribution in [0.5, 0.6) is 5.75 Å². The number of hydrogen-bond donors (Lipinski definition) is 3. The number of imide groups is 1. The normalized spacial score (nSPS) is 19.4. The summed E-state index contributed by atoms with van der Waals surface area (Å²) in [6.07, 6.45) is 5.60. The van der Waals surface area contributed by atoms with E-state index in [1.807, 2.05) is 36.4 Å². The molecule has 0 radical (unpaired) electrons. The molecule has 5 aromatic rings. The van der Waals surface area contributed by atoms with Crippen LogP contribution in [-0.2, 0) is 20.6 Å². The predicted molar refractivity (Wildman–Crippen MR) is 245 cm³/mol. The van der Waals surface area contributed by atoms with Crippen molar-refractivity contribution >= 4 is 81.3 Å². The maximum absolute atomic E-state index is 13.7. The highest BCUT2D eigenvalue weighted by atomic mass is 35.5. The van der Waals surface area contributed by atoms with Crippen molar-refractivity contribution in [1.29, 1.82) is 0 Å². The SMILES string of the molecule is CCc1ccc2c(P(C)(C)=O)c(Nc3nc(Nc4cc(C)c(N5CC6(C5)CN(C5CCN(c7ccc(C8CCC(=O)NC8=O)cc7)CC5)C6)cc4OC)ncc3Cl)ccc2n1. The number of ether oxygens (including phenoxy) is 1. The van der Waals surface area contributed by atoms with Crippen molar-refractivity contribution in [3.05, 3.63) is 88.7 Å². The van der Waals surface area contributed by atoms with Crippen LogP contribution in [0.4, 0.5) is 34.5 Å². The summed E-state index contributed by atoms with van der Waals surface area (Å²) in [5, 5.41) is 11.1. The Kier molecular flexibility index (Phi) is 10.9. The first kappa shape index (κ1) is 41.1. The third kappa shape index (κ3) is 8.15. The van der Waals surface area contributed by atoms with Crippen molar-refractivity contribution < 1.29 is 18.9 Å². The molecule has 2 aromatic heterocycles. The quantitative estimate of drug-likeness (QED) is 0.0889. The summed E-state index contributed by atoms with van der Waals surface area (Å²) in [4.78, 5) is 45.5. The van der Waals surface area contributed by atoms with Gasteiger partial charge in [-0.2, -0.15) is 4.98 Å². The molecular weight excluding hydrogens is 809 g/mol. The number of piperidine rings is 2. The lowest BCUT2D eigenvalue weighted by molar-refractivity contribution is -0.134. The van der Waals surface area contributed by atoms with E-state index in [1.54, 1.807) is 26.6 Å². The lowest BCUT2D eigenvalue weighted by Gasteiger charge is -2.63. The summed E-state index contributed by atoms with van der Waals surface area (Å²) in [5.41, 5.74) is 7.97. The molecule has 318 valence electrons. The number of likely N-dealkylation sites (tertiary alicyclic amines) is 1. The zero-order chi connectivity index (χ0) is 42.6. The van der Waals surface area contributed by atoms with E-state index in [2.05, 4.69) is 73.7 Å². The Morgan fingerprint density at radius 2 is 1.67 bits per heavy atom. The van der Waals surface area contributed by atoms with Crippen molar-refractivity contribution in [1.82, 2.24) is 25.2 Å². The van der Waals surface area contributed by atoms with Crippen molar-refractivity contribution in [2.45, 2.75) is 57.9 Å². The average molecular weight is 862 g/mol. The monoisotopic (exact) mass is 861 g/mol. The number of carbonyl (C=O) groups excluding carboxylic acids is 2. The fourth-order valence-electron chi connectivity index (χ4n) is 9.78. The highest BCUT2D eigenvalue weighted by Gasteiger charge is 2.53. The standard InChI is InChI=1S/C46H53ClN9O4P/c1-6-30-9-12-34-36(49-30)14-15-37(42(34)61(4,5)59)50-43-35(47)23-48-45(53-43)51-38-21-28(2)39(22-40(38)60-3)56-26-46(27-56)24-55(25-46)32-17-19-54(20-18-32)31-10-7-29(8-11-31)33-13-16-41(57)52-44(33)58/h7-12,14-15,21-23,32-33H,6,13,16-20,24-27H2,1-5H3,(H,52,57,58)(H2,48,50,51,53). The second-order valence-corrected chi connectivity index (χ2v) is 21.1. The maximum Gasteiger partial charge on any atom is 0.234 e. The summed E-state index contributed by atoms with van der Waals surface area (Å²) < 4.78 is 19.6. The highest BCUT2D eigenvalue weighted by molar-refractivity contribution is 7.71. The zero-order valence-electron chi connectivity index (χ0n) is 35.4. The first-order valence-corrected chi connectivity index (χ1v) is 24.2. The van der Waals surface area contributed by atoms with Crippen molar-refractivity contribution in [3.8, 4) is 5.75 Å². The molecule has 1 spiro atoms. The van der Waals surface area contributed by atoms with Crippen LogP contribution >= 0.6 is 18.7 Å². The fourth-order valence-corrected chi connectivity index (χ4v) is 11.4. The minimum absolute atomic E-state index is 0.181. The van der Waals surface area contributed by atoms with E-state index in [1.165, 1.54) is 5.69 Å². The molecule has 6 heterocycles. The van der Waals surface area contributed by atoms with Crippen LogP contribution in [0.25, 0.3) is 10.9 Å². The number of aromatic nitrogens is 3. The van der Waals surface area contributed by atoms with Crippen LogP contribution in [0.1, 0.15) is 55.3 Å². The van der Waals surface area contributed by atoms with Gasteiger partial charge in [0, 0.05) is 91.0 Å². The van der Waals surface area contributed by atoms with Gasteiger partial charge in [0.1, 0.15) is 17.9 Å². The number of halogens is 1. The number of carbonyl (C=O) groups is 2. The van der Waals surface area contributed by atoms with Gasteiger partial charge in [-0.25, -0.2) is 4.98 Å². The Hall–Kier alpha value is -5.23. The van der Waals surface area contributed by atoms with Gasteiger partial charge in [-0.15, -0.1) is 0 Å². The molecule has 2 amide bonds. The number of methoxy groups -OCH3 is 1. The number of fused-ring (bicyclic) bond motifs is 1. The molecule has 61 heavy (non-hydrogen) atoms. The summed E-state index contributed by atoms with van der Waals surface area (Å²) in [5.74, 6) is 0.806. The van der Waals surface area contributed by atoms with Gasteiger partial charge in [-0.1, -0.05) is 36.7 Å². The topological polar surface area (TPSA) is 145 Å². The molecule has 3 N–H and O–H groups in total. The number of aryl methyl sites for hydroxylation is 2. The zero-order valence-corrected chi connectivity index (χ0v) is 37.1. The average Bonchev–Trinajstić information content (AvgIpc) is 3.21. The van der Waals surface area contributed by atoms with E-state index in [0.29, 0.717) is 57.8 Å². The van der Waals surface area contributed by atoms with E-state index in [4.69, 9.17) is 26.3 Å². The third-order valence-corrected chi connectivity index (χ3v) is 14.7. The summed E-state index contributed by atoms with van der Waals surface area (Å²) in [6.45, 7) is 14.0. The van der Waals surface area contributed by atoms with Crippen molar-refractivity contribution in [3.63, 3.8) is 0 Å². The van der Waals surface area contributed by atoms with E-state index in [0.717, 1.165) is 97.6 Å².